The van der Waals surface area contributed by atoms with Crippen molar-refractivity contribution >= 4 is 0 Å². The minimum atomic E-state index is -0.0232. The number of rotatable bonds is 17. The van der Waals surface area contributed by atoms with Crippen LogP contribution < -0.4 is 0 Å². The van der Waals surface area contributed by atoms with Crippen LogP contribution in [-0.2, 0) is 14.2 Å². The van der Waals surface area contributed by atoms with Crippen LogP contribution in [-0.4, -0.2) is 38.6 Å². The lowest BCUT2D eigenvalue weighted by Gasteiger charge is -2.40. The SMILES string of the molecule is CCCCCCCCC(CCCOCC1(CC)COC1)C(C)(C)OCC. The van der Waals surface area contributed by atoms with E-state index < -0.39 is 0 Å². The number of ether oxygens (including phenoxy) is 3. The van der Waals surface area contributed by atoms with Crippen molar-refractivity contribution in [2.24, 2.45) is 11.3 Å². The van der Waals surface area contributed by atoms with E-state index in [0.717, 1.165) is 45.9 Å². The smallest absolute Gasteiger partial charge is 0.0654 e. The highest BCUT2D eigenvalue weighted by molar-refractivity contribution is 4.84. The molecule has 156 valence electrons. The molecule has 0 spiro atoms. The van der Waals surface area contributed by atoms with Gasteiger partial charge >= 0.3 is 0 Å². The zero-order valence-corrected chi connectivity index (χ0v) is 18.4. The van der Waals surface area contributed by atoms with Crippen LogP contribution in [0.15, 0.2) is 0 Å². The summed E-state index contributed by atoms with van der Waals surface area (Å²) in [6.45, 7) is 15.5. The molecule has 0 N–H and O–H groups in total. The lowest BCUT2D eigenvalue weighted by atomic mass is 9.82. The average molecular weight is 371 g/mol. The molecule has 3 heteroatoms. The molecule has 1 aliphatic heterocycles. The summed E-state index contributed by atoms with van der Waals surface area (Å²) < 4.78 is 17.5. The summed E-state index contributed by atoms with van der Waals surface area (Å²) >= 11 is 0. The predicted molar refractivity (Wildman–Crippen MR) is 111 cm³/mol. The molecular weight excluding hydrogens is 324 g/mol. The summed E-state index contributed by atoms with van der Waals surface area (Å²) in [5.41, 5.74) is 0.285. The Balaban J connectivity index is 2.27. The molecule has 0 aliphatic carbocycles. The maximum absolute atomic E-state index is 6.08. The summed E-state index contributed by atoms with van der Waals surface area (Å²) in [6.07, 6.45) is 13.0. The molecule has 1 aliphatic rings. The summed E-state index contributed by atoms with van der Waals surface area (Å²) in [4.78, 5) is 0. The first-order valence-corrected chi connectivity index (χ1v) is 11.3. The van der Waals surface area contributed by atoms with Crippen molar-refractivity contribution in [2.45, 2.75) is 104 Å². The molecule has 0 aromatic heterocycles. The average Bonchev–Trinajstić information content (AvgIpc) is 2.57. The molecule has 0 aromatic rings. The van der Waals surface area contributed by atoms with Crippen LogP contribution in [0.4, 0.5) is 0 Å². The highest BCUT2D eigenvalue weighted by Gasteiger charge is 2.37. The van der Waals surface area contributed by atoms with E-state index >= 15 is 0 Å². The molecule has 0 amide bonds. The van der Waals surface area contributed by atoms with Crippen LogP contribution in [0.5, 0.6) is 0 Å². The third kappa shape index (κ3) is 8.71. The Morgan fingerprint density at radius 3 is 2.15 bits per heavy atom. The Kier molecular flexibility index (Phi) is 12.1. The minimum Gasteiger partial charge on any atom is -0.381 e. The van der Waals surface area contributed by atoms with Gasteiger partial charge in [0.1, 0.15) is 0 Å². The van der Waals surface area contributed by atoms with E-state index in [0.29, 0.717) is 11.3 Å². The minimum absolute atomic E-state index is 0.0232. The van der Waals surface area contributed by atoms with Crippen molar-refractivity contribution in [3.05, 3.63) is 0 Å². The van der Waals surface area contributed by atoms with Gasteiger partial charge in [-0.2, -0.15) is 0 Å². The number of unbranched alkanes of at least 4 members (excludes halogenated alkanes) is 5. The van der Waals surface area contributed by atoms with Crippen LogP contribution in [0.3, 0.4) is 0 Å². The van der Waals surface area contributed by atoms with Crippen molar-refractivity contribution in [2.75, 3.05) is 33.0 Å². The van der Waals surface area contributed by atoms with Crippen LogP contribution >= 0.6 is 0 Å². The van der Waals surface area contributed by atoms with E-state index in [1.54, 1.807) is 0 Å². The summed E-state index contributed by atoms with van der Waals surface area (Å²) in [5.74, 6) is 0.629. The van der Waals surface area contributed by atoms with Crippen molar-refractivity contribution in [3.63, 3.8) is 0 Å². The molecule has 0 saturated carbocycles. The van der Waals surface area contributed by atoms with Gasteiger partial charge in [0.25, 0.3) is 0 Å². The molecule has 0 bridgehead atoms. The molecular formula is C23H46O3. The first-order chi connectivity index (χ1) is 12.5. The van der Waals surface area contributed by atoms with E-state index in [2.05, 4.69) is 34.6 Å². The highest BCUT2D eigenvalue weighted by atomic mass is 16.5. The lowest BCUT2D eigenvalue weighted by molar-refractivity contribution is -0.150. The van der Waals surface area contributed by atoms with Gasteiger partial charge < -0.3 is 14.2 Å². The Labute approximate surface area is 163 Å². The van der Waals surface area contributed by atoms with Crippen LogP contribution in [0.25, 0.3) is 0 Å². The van der Waals surface area contributed by atoms with Crippen molar-refractivity contribution in [3.8, 4) is 0 Å². The Bertz CT molecular complexity index is 331. The first-order valence-electron chi connectivity index (χ1n) is 11.3. The molecule has 1 fully saturated rings. The number of hydrogen-bond acceptors (Lipinski definition) is 3. The Hall–Kier alpha value is -0.120. The first kappa shape index (κ1) is 23.9. The highest BCUT2D eigenvalue weighted by Crippen LogP contribution is 2.33. The van der Waals surface area contributed by atoms with E-state index in [1.165, 1.54) is 51.4 Å². The topological polar surface area (TPSA) is 27.7 Å². The van der Waals surface area contributed by atoms with Gasteiger partial charge in [0.05, 0.1) is 25.4 Å². The zero-order chi connectivity index (χ0) is 19.3. The second-order valence-corrected chi connectivity index (χ2v) is 8.83. The van der Waals surface area contributed by atoms with Gasteiger partial charge in [0.15, 0.2) is 0 Å². The van der Waals surface area contributed by atoms with Gasteiger partial charge in [-0.1, -0.05) is 52.4 Å². The van der Waals surface area contributed by atoms with Crippen molar-refractivity contribution in [1.82, 2.24) is 0 Å². The normalized spacial score (nSPS) is 17.9. The van der Waals surface area contributed by atoms with Crippen LogP contribution in [0, 0.1) is 11.3 Å². The van der Waals surface area contributed by atoms with Crippen molar-refractivity contribution < 1.29 is 14.2 Å². The van der Waals surface area contributed by atoms with Gasteiger partial charge in [-0.3, -0.25) is 0 Å². The summed E-state index contributed by atoms with van der Waals surface area (Å²) in [6, 6.07) is 0. The molecule has 1 heterocycles. The molecule has 1 saturated heterocycles. The van der Waals surface area contributed by atoms with Gasteiger partial charge in [-0.15, -0.1) is 0 Å². The Morgan fingerprint density at radius 1 is 0.923 bits per heavy atom. The molecule has 1 rings (SSSR count). The van der Waals surface area contributed by atoms with Crippen LogP contribution in [0.1, 0.15) is 98.8 Å². The third-order valence-corrected chi connectivity index (χ3v) is 6.22. The van der Waals surface area contributed by atoms with E-state index in [9.17, 15) is 0 Å². The second-order valence-electron chi connectivity index (χ2n) is 8.83. The van der Waals surface area contributed by atoms with Gasteiger partial charge in [0, 0.05) is 18.6 Å². The summed E-state index contributed by atoms with van der Waals surface area (Å²) in [5, 5.41) is 0. The van der Waals surface area contributed by atoms with Crippen LogP contribution in [0.2, 0.25) is 0 Å². The molecule has 1 atom stereocenters. The van der Waals surface area contributed by atoms with Gasteiger partial charge in [-0.05, 0) is 52.4 Å². The second kappa shape index (κ2) is 13.1. The standard InChI is InChI=1S/C23H46O3/c1-6-9-10-11-12-13-15-21(22(4,5)26-8-3)16-14-17-24-18-23(7-2)19-25-20-23/h21H,6-20H2,1-5H3. The molecule has 26 heavy (non-hydrogen) atoms. The molecule has 1 unspecified atom stereocenters. The summed E-state index contributed by atoms with van der Waals surface area (Å²) in [7, 11) is 0. The molecule has 0 aromatic carbocycles. The monoisotopic (exact) mass is 370 g/mol. The maximum atomic E-state index is 6.08. The fourth-order valence-electron chi connectivity index (χ4n) is 4.00. The largest absolute Gasteiger partial charge is 0.381 e. The number of hydrogen-bond donors (Lipinski definition) is 0. The fourth-order valence-corrected chi connectivity index (χ4v) is 4.00. The molecule has 0 radical (unpaired) electrons. The Morgan fingerprint density at radius 2 is 1.58 bits per heavy atom. The lowest BCUT2D eigenvalue weighted by Crippen LogP contribution is -2.45. The predicted octanol–water partition coefficient (Wildman–Crippen LogP) is 6.39. The van der Waals surface area contributed by atoms with Gasteiger partial charge in [-0.25, -0.2) is 0 Å². The molecule has 3 nitrogen and oxygen atoms in total. The van der Waals surface area contributed by atoms with Crippen molar-refractivity contribution in [1.29, 1.82) is 0 Å². The maximum Gasteiger partial charge on any atom is 0.0654 e. The quantitative estimate of drug-likeness (QED) is 0.278. The fraction of sp³-hybridized carbons (Fsp3) is 1.00. The van der Waals surface area contributed by atoms with E-state index in [4.69, 9.17) is 14.2 Å². The zero-order valence-electron chi connectivity index (χ0n) is 18.4. The third-order valence-electron chi connectivity index (χ3n) is 6.22. The van der Waals surface area contributed by atoms with E-state index in [1.807, 2.05) is 0 Å². The van der Waals surface area contributed by atoms with Gasteiger partial charge in [0.2, 0.25) is 0 Å². The van der Waals surface area contributed by atoms with E-state index in [-0.39, 0.29) is 5.60 Å².